The number of carbonyl (C=O) groups excluding carboxylic acids is 1. The lowest BCUT2D eigenvalue weighted by atomic mass is 10.1. The largest absolute Gasteiger partial charge is 0.497 e. The molecular formula is C21H24O6. The van der Waals surface area contributed by atoms with Gasteiger partial charge < -0.3 is 23.7 Å². The van der Waals surface area contributed by atoms with Crippen molar-refractivity contribution in [2.24, 2.45) is 0 Å². The number of rotatable bonds is 8. The molecule has 0 fully saturated rings. The van der Waals surface area contributed by atoms with E-state index in [-0.39, 0.29) is 6.61 Å². The number of hydrogen-bond acceptors (Lipinski definition) is 6. The summed E-state index contributed by atoms with van der Waals surface area (Å²) < 4.78 is 26.4. The lowest BCUT2D eigenvalue weighted by molar-refractivity contribution is -0.138. The molecule has 0 atom stereocenters. The van der Waals surface area contributed by atoms with Crippen LogP contribution in [0.2, 0.25) is 0 Å². The van der Waals surface area contributed by atoms with Crippen LogP contribution < -0.4 is 18.9 Å². The minimum Gasteiger partial charge on any atom is -0.497 e. The van der Waals surface area contributed by atoms with Gasteiger partial charge in [0.15, 0.2) is 11.5 Å². The topological polar surface area (TPSA) is 63.2 Å². The number of benzene rings is 2. The van der Waals surface area contributed by atoms with E-state index in [2.05, 4.69) is 0 Å². The zero-order chi connectivity index (χ0) is 19.8. The fourth-order valence-corrected chi connectivity index (χ4v) is 2.50. The van der Waals surface area contributed by atoms with E-state index in [1.54, 1.807) is 58.8 Å². The third-order valence-electron chi connectivity index (χ3n) is 4.05. The fraction of sp³-hybridized carbons (Fsp3) is 0.286. The molecule has 0 bridgehead atoms. The SMILES string of the molecule is COc1ccc(OC)c(/C=C/C(=O)OCc2cc(OC)c(OC)cc2C)c1. The lowest BCUT2D eigenvalue weighted by Gasteiger charge is -2.12. The molecule has 0 aliphatic carbocycles. The molecule has 0 spiro atoms. The zero-order valence-corrected chi connectivity index (χ0v) is 16.2. The van der Waals surface area contributed by atoms with Crippen LogP contribution in [0.1, 0.15) is 16.7 Å². The standard InChI is InChI=1S/C21H24O6/c1-14-10-19(25-4)20(26-5)12-16(14)13-27-21(22)9-6-15-11-17(23-2)7-8-18(15)24-3/h6-12H,13H2,1-5H3/b9-6+. The van der Waals surface area contributed by atoms with Crippen molar-refractivity contribution in [1.82, 2.24) is 0 Å². The van der Waals surface area contributed by atoms with Crippen molar-refractivity contribution in [2.75, 3.05) is 28.4 Å². The first-order valence-electron chi connectivity index (χ1n) is 8.30. The first-order chi connectivity index (χ1) is 13.0. The van der Waals surface area contributed by atoms with Crippen molar-refractivity contribution in [2.45, 2.75) is 13.5 Å². The molecule has 0 unspecified atom stereocenters. The maximum absolute atomic E-state index is 12.1. The second kappa shape index (κ2) is 9.52. The Hall–Kier alpha value is -3.15. The van der Waals surface area contributed by atoms with E-state index >= 15 is 0 Å². The molecule has 0 N–H and O–H groups in total. The Morgan fingerprint density at radius 2 is 1.56 bits per heavy atom. The van der Waals surface area contributed by atoms with Gasteiger partial charge in [-0.1, -0.05) is 0 Å². The van der Waals surface area contributed by atoms with Crippen LogP contribution in [-0.2, 0) is 16.1 Å². The van der Waals surface area contributed by atoms with Gasteiger partial charge in [-0.3, -0.25) is 0 Å². The minimum absolute atomic E-state index is 0.130. The molecule has 2 rings (SSSR count). The van der Waals surface area contributed by atoms with Crippen molar-refractivity contribution >= 4 is 12.0 Å². The van der Waals surface area contributed by atoms with Gasteiger partial charge in [-0.25, -0.2) is 4.79 Å². The fourth-order valence-electron chi connectivity index (χ4n) is 2.50. The molecule has 0 saturated heterocycles. The normalized spacial score (nSPS) is 10.6. The summed E-state index contributed by atoms with van der Waals surface area (Å²) in [6.07, 6.45) is 2.98. The third-order valence-corrected chi connectivity index (χ3v) is 4.05. The molecular weight excluding hydrogens is 348 g/mol. The Bertz CT molecular complexity index is 826. The van der Waals surface area contributed by atoms with E-state index < -0.39 is 5.97 Å². The Morgan fingerprint density at radius 3 is 2.19 bits per heavy atom. The molecule has 0 saturated carbocycles. The molecule has 6 nitrogen and oxygen atoms in total. The quantitative estimate of drug-likeness (QED) is 0.519. The molecule has 2 aromatic carbocycles. The van der Waals surface area contributed by atoms with Gasteiger partial charge >= 0.3 is 5.97 Å². The second-order valence-electron chi connectivity index (χ2n) is 5.68. The maximum atomic E-state index is 12.1. The van der Waals surface area contributed by atoms with Crippen LogP contribution in [-0.4, -0.2) is 34.4 Å². The van der Waals surface area contributed by atoms with Gasteiger partial charge in [0.25, 0.3) is 0 Å². The monoisotopic (exact) mass is 372 g/mol. The van der Waals surface area contributed by atoms with Crippen molar-refractivity contribution in [1.29, 1.82) is 0 Å². The van der Waals surface area contributed by atoms with Crippen molar-refractivity contribution in [3.8, 4) is 23.0 Å². The first-order valence-corrected chi connectivity index (χ1v) is 8.30. The Labute approximate surface area is 159 Å². The van der Waals surface area contributed by atoms with E-state index in [0.717, 1.165) is 16.7 Å². The van der Waals surface area contributed by atoms with Crippen LogP contribution >= 0.6 is 0 Å². The average molecular weight is 372 g/mol. The molecule has 144 valence electrons. The van der Waals surface area contributed by atoms with Crippen LogP contribution in [0.3, 0.4) is 0 Å². The maximum Gasteiger partial charge on any atom is 0.331 e. The lowest BCUT2D eigenvalue weighted by Crippen LogP contribution is -2.03. The van der Waals surface area contributed by atoms with Gasteiger partial charge in [0.05, 0.1) is 28.4 Å². The van der Waals surface area contributed by atoms with Crippen LogP contribution in [0.15, 0.2) is 36.4 Å². The van der Waals surface area contributed by atoms with Crippen LogP contribution in [0.4, 0.5) is 0 Å². The highest BCUT2D eigenvalue weighted by molar-refractivity contribution is 5.87. The van der Waals surface area contributed by atoms with Gasteiger partial charge in [-0.05, 0) is 54.5 Å². The Kier molecular flexibility index (Phi) is 7.11. The van der Waals surface area contributed by atoms with Gasteiger partial charge in [-0.2, -0.15) is 0 Å². The number of aryl methyl sites for hydroxylation is 1. The summed E-state index contributed by atoms with van der Waals surface area (Å²) >= 11 is 0. The number of methoxy groups -OCH3 is 4. The smallest absolute Gasteiger partial charge is 0.331 e. The predicted octanol–water partition coefficient (Wildman–Crippen LogP) is 3.79. The van der Waals surface area contributed by atoms with Gasteiger partial charge in [0.1, 0.15) is 18.1 Å². The zero-order valence-electron chi connectivity index (χ0n) is 16.2. The molecule has 27 heavy (non-hydrogen) atoms. The summed E-state index contributed by atoms with van der Waals surface area (Å²) in [7, 11) is 6.29. The number of esters is 1. The average Bonchev–Trinajstić information content (AvgIpc) is 2.70. The van der Waals surface area contributed by atoms with Gasteiger partial charge in [0.2, 0.25) is 0 Å². The van der Waals surface area contributed by atoms with Crippen molar-refractivity contribution < 1.29 is 28.5 Å². The van der Waals surface area contributed by atoms with E-state index in [1.807, 2.05) is 13.0 Å². The van der Waals surface area contributed by atoms with Crippen LogP contribution in [0, 0.1) is 6.92 Å². The van der Waals surface area contributed by atoms with Crippen molar-refractivity contribution in [3.63, 3.8) is 0 Å². The highest BCUT2D eigenvalue weighted by atomic mass is 16.5. The van der Waals surface area contributed by atoms with Crippen LogP contribution in [0.25, 0.3) is 6.08 Å². The highest BCUT2D eigenvalue weighted by Gasteiger charge is 2.10. The third kappa shape index (κ3) is 5.17. The Balaban J connectivity index is 2.08. The van der Waals surface area contributed by atoms with Gasteiger partial charge in [0, 0.05) is 11.6 Å². The number of hydrogen-bond donors (Lipinski definition) is 0. The van der Waals surface area contributed by atoms with Gasteiger partial charge in [-0.15, -0.1) is 0 Å². The van der Waals surface area contributed by atoms with E-state index in [9.17, 15) is 4.79 Å². The summed E-state index contributed by atoms with van der Waals surface area (Å²) in [6, 6.07) is 8.99. The molecule has 0 aliphatic rings. The molecule has 0 heterocycles. The van der Waals surface area contributed by atoms with E-state index in [4.69, 9.17) is 23.7 Å². The van der Waals surface area contributed by atoms with E-state index in [1.165, 1.54) is 6.08 Å². The molecule has 6 heteroatoms. The van der Waals surface area contributed by atoms with Crippen LogP contribution in [0.5, 0.6) is 23.0 Å². The molecule has 2 aromatic rings. The Morgan fingerprint density at radius 1 is 0.889 bits per heavy atom. The second-order valence-corrected chi connectivity index (χ2v) is 5.68. The molecule has 0 amide bonds. The minimum atomic E-state index is -0.464. The first kappa shape index (κ1) is 20.2. The van der Waals surface area contributed by atoms with Crippen molar-refractivity contribution in [3.05, 3.63) is 53.1 Å². The summed E-state index contributed by atoms with van der Waals surface area (Å²) in [5.74, 6) is 2.07. The highest BCUT2D eigenvalue weighted by Crippen LogP contribution is 2.30. The summed E-state index contributed by atoms with van der Waals surface area (Å²) in [5.41, 5.74) is 2.50. The number of carbonyl (C=O) groups is 1. The van der Waals surface area contributed by atoms with E-state index in [0.29, 0.717) is 23.0 Å². The molecule has 0 radical (unpaired) electrons. The number of ether oxygens (including phenoxy) is 5. The molecule has 0 aliphatic heterocycles. The summed E-state index contributed by atoms with van der Waals surface area (Å²) in [5, 5.41) is 0. The summed E-state index contributed by atoms with van der Waals surface area (Å²) in [6.45, 7) is 2.05. The molecule has 0 aromatic heterocycles. The summed E-state index contributed by atoms with van der Waals surface area (Å²) in [4.78, 5) is 12.1. The predicted molar refractivity (Wildman–Crippen MR) is 103 cm³/mol.